The van der Waals surface area contributed by atoms with Crippen LogP contribution in [0.2, 0.25) is 0 Å². The average molecular weight is 241 g/mol. The summed E-state index contributed by atoms with van der Waals surface area (Å²) in [7, 11) is 1.86. The molecular weight excluding hydrogens is 218 g/mol. The predicted octanol–water partition coefficient (Wildman–Crippen LogP) is 4.70. The average Bonchev–Trinajstić information content (AvgIpc) is 2.37. The zero-order valence-electron chi connectivity index (χ0n) is 11.9. The lowest BCUT2D eigenvalue weighted by molar-refractivity contribution is 0.546. The number of aliphatic imine (C=N–C) groups is 1. The van der Waals surface area contributed by atoms with Crippen molar-refractivity contribution in [1.29, 1.82) is 0 Å². The van der Waals surface area contributed by atoms with E-state index in [0.29, 0.717) is 11.8 Å². The predicted molar refractivity (Wildman–Crippen MR) is 79.6 cm³/mol. The Hall–Kier alpha value is -1.37. The number of hydrogen-bond acceptors (Lipinski definition) is 1. The van der Waals surface area contributed by atoms with Gasteiger partial charge in [-0.15, -0.1) is 0 Å². The summed E-state index contributed by atoms with van der Waals surface area (Å²) >= 11 is 0. The van der Waals surface area contributed by atoms with Gasteiger partial charge in [-0.3, -0.25) is 4.99 Å². The van der Waals surface area contributed by atoms with Gasteiger partial charge in [-0.25, -0.2) is 0 Å². The maximum absolute atomic E-state index is 4.24. The van der Waals surface area contributed by atoms with Crippen molar-refractivity contribution in [3.8, 4) is 0 Å². The Bertz CT molecular complexity index is 478. The number of hydrogen-bond donors (Lipinski definition) is 0. The number of rotatable bonds is 2. The van der Waals surface area contributed by atoms with Gasteiger partial charge in [-0.05, 0) is 49.3 Å². The lowest BCUT2D eigenvalue weighted by Gasteiger charge is -2.31. The molecule has 2 atom stereocenters. The van der Waals surface area contributed by atoms with Crippen LogP contribution in [0.5, 0.6) is 0 Å². The Kier molecular flexibility index (Phi) is 4.00. The second-order valence-corrected chi connectivity index (χ2v) is 5.50. The monoisotopic (exact) mass is 241 g/mol. The van der Waals surface area contributed by atoms with Crippen LogP contribution in [0.15, 0.2) is 40.4 Å². The summed E-state index contributed by atoms with van der Waals surface area (Å²) in [5.74, 6) is 1.22. The molecule has 0 aromatic heterocycles. The largest absolute Gasteiger partial charge is 0.296 e. The molecule has 1 nitrogen and oxygen atoms in total. The van der Waals surface area contributed by atoms with E-state index in [1.165, 1.54) is 35.1 Å². The smallest absolute Gasteiger partial charge is 0.0277 e. The first-order valence-electron chi connectivity index (χ1n) is 6.83. The summed E-state index contributed by atoms with van der Waals surface area (Å²) in [6.07, 6.45) is 4.56. The molecule has 0 heterocycles. The number of allylic oxidation sites excluding steroid dienone is 2. The van der Waals surface area contributed by atoms with Crippen LogP contribution in [0, 0.1) is 0 Å². The molecule has 2 rings (SSSR count). The van der Waals surface area contributed by atoms with Gasteiger partial charge in [0, 0.05) is 19.2 Å². The molecule has 2 unspecified atom stereocenters. The Morgan fingerprint density at radius 1 is 1.17 bits per heavy atom. The van der Waals surface area contributed by atoms with Gasteiger partial charge in [0.15, 0.2) is 0 Å². The number of benzene rings is 1. The minimum Gasteiger partial charge on any atom is -0.296 e. The van der Waals surface area contributed by atoms with E-state index >= 15 is 0 Å². The van der Waals surface area contributed by atoms with Crippen molar-refractivity contribution in [2.24, 2.45) is 4.99 Å². The number of nitrogens with zero attached hydrogens (tertiary/aromatic N) is 1. The summed E-state index contributed by atoms with van der Waals surface area (Å²) in [5, 5.41) is 0. The summed E-state index contributed by atoms with van der Waals surface area (Å²) in [6.45, 7) is 6.72. The second kappa shape index (κ2) is 5.51. The van der Waals surface area contributed by atoms with E-state index < -0.39 is 0 Å². The first-order chi connectivity index (χ1) is 8.65. The Balaban J connectivity index is 2.49. The van der Waals surface area contributed by atoms with Crippen molar-refractivity contribution < 1.29 is 0 Å². The van der Waals surface area contributed by atoms with Crippen LogP contribution in [0.4, 0.5) is 0 Å². The molecular formula is C17H23N. The fraction of sp³-hybridized carbons (Fsp3) is 0.471. The van der Waals surface area contributed by atoms with Crippen LogP contribution >= 0.6 is 0 Å². The summed E-state index contributed by atoms with van der Waals surface area (Å²) in [4.78, 5) is 4.24. The van der Waals surface area contributed by atoms with E-state index in [4.69, 9.17) is 0 Å². The maximum atomic E-state index is 4.24. The molecule has 1 aromatic rings. The summed E-state index contributed by atoms with van der Waals surface area (Å²) in [6, 6.07) is 8.91. The van der Waals surface area contributed by atoms with Gasteiger partial charge in [-0.1, -0.05) is 36.8 Å². The highest BCUT2D eigenvalue weighted by atomic mass is 14.6. The molecule has 1 aliphatic rings. The molecule has 0 saturated carbocycles. The van der Waals surface area contributed by atoms with Crippen LogP contribution in [0.3, 0.4) is 0 Å². The lowest BCUT2D eigenvalue weighted by Crippen LogP contribution is -2.16. The van der Waals surface area contributed by atoms with E-state index in [-0.39, 0.29) is 0 Å². The van der Waals surface area contributed by atoms with Gasteiger partial charge in [0.2, 0.25) is 0 Å². The molecule has 96 valence electrons. The van der Waals surface area contributed by atoms with Gasteiger partial charge in [0.1, 0.15) is 0 Å². The molecule has 0 fully saturated rings. The van der Waals surface area contributed by atoms with Crippen molar-refractivity contribution in [2.45, 2.75) is 45.4 Å². The molecule has 0 aliphatic heterocycles. The van der Waals surface area contributed by atoms with Crippen molar-refractivity contribution >= 4 is 6.21 Å². The van der Waals surface area contributed by atoms with Gasteiger partial charge < -0.3 is 0 Å². The van der Waals surface area contributed by atoms with E-state index in [9.17, 15) is 0 Å². The summed E-state index contributed by atoms with van der Waals surface area (Å²) < 4.78 is 0. The number of fused-ring (bicyclic) bond motifs is 1. The summed E-state index contributed by atoms with van der Waals surface area (Å²) in [5.41, 5.74) is 5.82. The molecule has 0 bridgehead atoms. The Labute approximate surface area is 111 Å². The third kappa shape index (κ3) is 2.40. The third-order valence-corrected chi connectivity index (χ3v) is 4.01. The molecule has 1 heteroatoms. The van der Waals surface area contributed by atoms with Crippen molar-refractivity contribution in [2.75, 3.05) is 7.05 Å². The highest BCUT2D eigenvalue weighted by molar-refractivity contribution is 5.82. The van der Waals surface area contributed by atoms with Crippen LogP contribution in [0.25, 0.3) is 0 Å². The van der Waals surface area contributed by atoms with Crippen LogP contribution in [-0.4, -0.2) is 13.3 Å². The van der Waals surface area contributed by atoms with Gasteiger partial charge >= 0.3 is 0 Å². The molecule has 0 saturated heterocycles. The first kappa shape index (κ1) is 13.1. The quantitative estimate of drug-likeness (QED) is 0.665. The van der Waals surface area contributed by atoms with Crippen molar-refractivity contribution in [3.63, 3.8) is 0 Å². The minimum atomic E-state index is 0.533. The van der Waals surface area contributed by atoms with E-state index in [0.717, 1.165) is 0 Å². The van der Waals surface area contributed by atoms with Gasteiger partial charge in [-0.2, -0.15) is 0 Å². The molecule has 0 N–H and O–H groups in total. The lowest BCUT2D eigenvalue weighted by atomic mass is 9.74. The fourth-order valence-electron chi connectivity index (χ4n) is 3.03. The third-order valence-electron chi connectivity index (χ3n) is 4.01. The minimum absolute atomic E-state index is 0.533. The zero-order valence-corrected chi connectivity index (χ0v) is 11.9. The standard InChI is InChI=1S/C17H23N/c1-12(2)17(11-18-4)16-10-9-13(3)14-7-5-6-8-15(14)16/h5-8,11,13,16H,9-10H2,1-4H3. The maximum Gasteiger partial charge on any atom is 0.0277 e. The molecule has 0 radical (unpaired) electrons. The highest BCUT2D eigenvalue weighted by Gasteiger charge is 2.26. The Morgan fingerprint density at radius 2 is 1.83 bits per heavy atom. The molecule has 0 spiro atoms. The van der Waals surface area contributed by atoms with Gasteiger partial charge in [0.25, 0.3) is 0 Å². The first-order valence-corrected chi connectivity index (χ1v) is 6.83. The Morgan fingerprint density at radius 3 is 2.44 bits per heavy atom. The topological polar surface area (TPSA) is 12.4 Å². The van der Waals surface area contributed by atoms with Crippen molar-refractivity contribution in [3.05, 3.63) is 46.5 Å². The zero-order chi connectivity index (χ0) is 13.1. The molecule has 18 heavy (non-hydrogen) atoms. The van der Waals surface area contributed by atoms with E-state index in [1.54, 1.807) is 0 Å². The normalized spacial score (nSPS) is 22.9. The molecule has 1 aromatic carbocycles. The fourth-order valence-corrected chi connectivity index (χ4v) is 3.03. The van der Waals surface area contributed by atoms with Gasteiger partial charge in [0.05, 0.1) is 0 Å². The van der Waals surface area contributed by atoms with Crippen LogP contribution < -0.4 is 0 Å². The van der Waals surface area contributed by atoms with Crippen LogP contribution in [0.1, 0.15) is 56.6 Å². The SMILES string of the molecule is CN=CC(=C(C)C)C1CCC(C)c2ccccc21. The van der Waals surface area contributed by atoms with E-state index in [2.05, 4.69) is 50.0 Å². The second-order valence-electron chi connectivity index (χ2n) is 5.50. The van der Waals surface area contributed by atoms with Crippen LogP contribution in [-0.2, 0) is 0 Å². The van der Waals surface area contributed by atoms with Crippen molar-refractivity contribution in [1.82, 2.24) is 0 Å². The molecule has 0 amide bonds. The highest BCUT2D eigenvalue weighted by Crippen LogP contribution is 2.42. The van der Waals surface area contributed by atoms with E-state index in [1.807, 2.05) is 13.3 Å². The molecule has 1 aliphatic carbocycles.